The van der Waals surface area contributed by atoms with E-state index in [2.05, 4.69) is 14.9 Å². The minimum atomic E-state index is 0.479. The second-order valence-electron chi connectivity index (χ2n) is 5.13. The predicted octanol–water partition coefficient (Wildman–Crippen LogP) is 1.89. The van der Waals surface area contributed by atoms with Gasteiger partial charge in [-0.2, -0.15) is 4.98 Å². The summed E-state index contributed by atoms with van der Waals surface area (Å²) in [5.74, 6) is 1.05. The van der Waals surface area contributed by atoms with Crippen LogP contribution in [0.2, 0.25) is 0 Å². The van der Waals surface area contributed by atoms with Crippen molar-refractivity contribution < 1.29 is 9.47 Å². The maximum Gasteiger partial charge on any atom is 0.217 e. The molecule has 1 fully saturated rings. The van der Waals surface area contributed by atoms with E-state index in [1.165, 1.54) is 4.88 Å². The molecule has 3 heterocycles. The van der Waals surface area contributed by atoms with E-state index in [4.69, 9.17) is 15.2 Å². The SMILES string of the molecule is Cc1ncc(CCOc2cc(N3CCOCC3)cc(N)n2)s1. The molecule has 118 valence electrons. The first-order valence-corrected chi connectivity index (χ1v) is 8.17. The van der Waals surface area contributed by atoms with Gasteiger partial charge in [-0.25, -0.2) is 4.98 Å². The third-order valence-electron chi connectivity index (χ3n) is 3.45. The number of nitrogens with two attached hydrogens (primary N) is 1. The number of aromatic nitrogens is 2. The lowest BCUT2D eigenvalue weighted by Crippen LogP contribution is -2.36. The summed E-state index contributed by atoms with van der Waals surface area (Å²) in [5.41, 5.74) is 6.94. The molecule has 0 atom stereocenters. The predicted molar refractivity (Wildman–Crippen MR) is 87.7 cm³/mol. The molecule has 0 spiro atoms. The fourth-order valence-electron chi connectivity index (χ4n) is 2.37. The van der Waals surface area contributed by atoms with E-state index in [1.807, 2.05) is 25.3 Å². The molecule has 2 aromatic rings. The maximum atomic E-state index is 5.90. The molecule has 1 aliphatic rings. The summed E-state index contributed by atoms with van der Waals surface area (Å²) in [4.78, 5) is 11.9. The average molecular weight is 320 g/mol. The molecule has 6 nitrogen and oxygen atoms in total. The molecule has 0 aliphatic carbocycles. The lowest BCUT2D eigenvalue weighted by atomic mass is 10.3. The van der Waals surface area contributed by atoms with Crippen molar-refractivity contribution in [2.75, 3.05) is 43.5 Å². The van der Waals surface area contributed by atoms with Gasteiger partial charge in [-0.1, -0.05) is 0 Å². The number of thiazole rings is 1. The number of anilines is 2. The van der Waals surface area contributed by atoms with Crippen molar-refractivity contribution in [2.24, 2.45) is 0 Å². The summed E-state index contributed by atoms with van der Waals surface area (Å²) in [5, 5.41) is 1.08. The number of morpholine rings is 1. The molecule has 22 heavy (non-hydrogen) atoms. The van der Waals surface area contributed by atoms with Gasteiger partial charge in [0.1, 0.15) is 5.82 Å². The molecule has 0 radical (unpaired) electrons. The van der Waals surface area contributed by atoms with Gasteiger partial charge < -0.3 is 20.1 Å². The second kappa shape index (κ2) is 6.93. The average Bonchev–Trinajstić information content (AvgIpc) is 2.93. The number of aryl methyl sites for hydroxylation is 1. The highest BCUT2D eigenvalue weighted by Crippen LogP contribution is 2.23. The molecule has 1 saturated heterocycles. The Bertz CT molecular complexity index is 626. The molecular formula is C15H20N4O2S. The number of hydrogen-bond acceptors (Lipinski definition) is 7. The molecule has 3 rings (SSSR count). The second-order valence-corrected chi connectivity index (χ2v) is 6.45. The van der Waals surface area contributed by atoms with E-state index in [-0.39, 0.29) is 0 Å². The van der Waals surface area contributed by atoms with Crippen LogP contribution in [0.25, 0.3) is 0 Å². The molecular weight excluding hydrogens is 300 g/mol. The Balaban J connectivity index is 1.61. The topological polar surface area (TPSA) is 73.5 Å². The van der Waals surface area contributed by atoms with E-state index in [0.29, 0.717) is 18.3 Å². The third kappa shape index (κ3) is 3.86. The van der Waals surface area contributed by atoms with Crippen LogP contribution in [0.1, 0.15) is 9.88 Å². The van der Waals surface area contributed by atoms with Crippen molar-refractivity contribution in [3.63, 3.8) is 0 Å². The van der Waals surface area contributed by atoms with Gasteiger partial charge in [0.15, 0.2) is 0 Å². The lowest BCUT2D eigenvalue weighted by molar-refractivity contribution is 0.122. The summed E-state index contributed by atoms with van der Waals surface area (Å²) in [6.07, 6.45) is 2.73. The van der Waals surface area contributed by atoms with Gasteiger partial charge in [0.25, 0.3) is 0 Å². The molecule has 7 heteroatoms. The van der Waals surface area contributed by atoms with Crippen molar-refractivity contribution in [1.29, 1.82) is 0 Å². The molecule has 0 unspecified atom stereocenters. The van der Waals surface area contributed by atoms with Gasteiger partial charge in [-0.15, -0.1) is 11.3 Å². The molecule has 0 aromatic carbocycles. The van der Waals surface area contributed by atoms with E-state index in [0.717, 1.165) is 43.4 Å². The zero-order valence-corrected chi connectivity index (χ0v) is 13.4. The van der Waals surface area contributed by atoms with Crippen LogP contribution in [0.5, 0.6) is 5.88 Å². The number of hydrogen-bond donors (Lipinski definition) is 1. The Morgan fingerprint density at radius 2 is 2.18 bits per heavy atom. The van der Waals surface area contributed by atoms with Crippen molar-refractivity contribution in [3.8, 4) is 5.88 Å². The first-order valence-electron chi connectivity index (χ1n) is 7.35. The molecule has 0 bridgehead atoms. The summed E-state index contributed by atoms with van der Waals surface area (Å²) < 4.78 is 11.1. The van der Waals surface area contributed by atoms with Crippen molar-refractivity contribution in [2.45, 2.75) is 13.3 Å². The Labute approximate surface area is 133 Å². The highest BCUT2D eigenvalue weighted by molar-refractivity contribution is 7.11. The fourth-order valence-corrected chi connectivity index (χ4v) is 3.14. The van der Waals surface area contributed by atoms with Crippen LogP contribution in [0.4, 0.5) is 11.5 Å². The largest absolute Gasteiger partial charge is 0.477 e. The fraction of sp³-hybridized carbons (Fsp3) is 0.467. The van der Waals surface area contributed by atoms with Crippen LogP contribution in [0.3, 0.4) is 0 Å². The Kier molecular flexibility index (Phi) is 4.74. The van der Waals surface area contributed by atoms with Crippen molar-refractivity contribution >= 4 is 22.8 Å². The highest BCUT2D eigenvalue weighted by Gasteiger charge is 2.13. The molecule has 1 aliphatic heterocycles. The van der Waals surface area contributed by atoms with Gasteiger partial charge in [0.05, 0.1) is 24.8 Å². The smallest absolute Gasteiger partial charge is 0.217 e. The Morgan fingerprint density at radius 3 is 2.91 bits per heavy atom. The summed E-state index contributed by atoms with van der Waals surface area (Å²) >= 11 is 1.69. The van der Waals surface area contributed by atoms with E-state index in [9.17, 15) is 0 Å². The van der Waals surface area contributed by atoms with Crippen LogP contribution >= 0.6 is 11.3 Å². The Hall–Kier alpha value is -1.86. The summed E-state index contributed by atoms with van der Waals surface area (Å²) in [7, 11) is 0. The zero-order valence-electron chi connectivity index (χ0n) is 12.6. The van der Waals surface area contributed by atoms with Gasteiger partial charge in [0, 0.05) is 48.4 Å². The van der Waals surface area contributed by atoms with Crippen LogP contribution < -0.4 is 15.4 Å². The monoisotopic (exact) mass is 320 g/mol. The molecule has 2 aromatic heterocycles. The molecule has 2 N–H and O–H groups in total. The minimum Gasteiger partial charge on any atom is -0.477 e. The maximum absolute atomic E-state index is 5.90. The van der Waals surface area contributed by atoms with E-state index < -0.39 is 0 Å². The van der Waals surface area contributed by atoms with Crippen molar-refractivity contribution in [1.82, 2.24) is 9.97 Å². The number of rotatable bonds is 5. The minimum absolute atomic E-state index is 0.479. The Morgan fingerprint density at radius 1 is 1.36 bits per heavy atom. The molecule has 0 saturated carbocycles. The summed E-state index contributed by atoms with van der Waals surface area (Å²) in [6.45, 7) is 5.78. The van der Waals surface area contributed by atoms with E-state index >= 15 is 0 Å². The zero-order chi connectivity index (χ0) is 15.4. The highest BCUT2D eigenvalue weighted by atomic mass is 32.1. The van der Waals surface area contributed by atoms with Crippen LogP contribution in [-0.2, 0) is 11.2 Å². The molecule has 0 amide bonds. The van der Waals surface area contributed by atoms with E-state index in [1.54, 1.807) is 11.3 Å². The van der Waals surface area contributed by atoms with Gasteiger partial charge in [0.2, 0.25) is 5.88 Å². The quantitative estimate of drug-likeness (QED) is 0.907. The van der Waals surface area contributed by atoms with Crippen molar-refractivity contribution in [3.05, 3.63) is 28.2 Å². The van der Waals surface area contributed by atoms with Gasteiger partial charge in [-0.3, -0.25) is 0 Å². The van der Waals surface area contributed by atoms with Crippen LogP contribution in [0.15, 0.2) is 18.3 Å². The lowest BCUT2D eigenvalue weighted by Gasteiger charge is -2.29. The number of ether oxygens (including phenoxy) is 2. The standard InChI is InChI=1S/C15H20N4O2S/c1-11-17-10-13(22-11)2-5-21-15-9-12(8-14(16)18-15)19-3-6-20-7-4-19/h8-10H,2-7H2,1H3,(H2,16,18). The van der Waals surface area contributed by atoms with Gasteiger partial charge >= 0.3 is 0 Å². The normalized spacial score (nSPS) is 15.0. The first-order chi connectivity index (χ1) is 10.7. The number of nitrogens with zero attached hydrogens (tertiary/aromatic N) is 3. The number of pyridine rings is 1. The third-order valence-corrected chi connectivity index (χ3v) is 4.42. The van der Waals surface area contributed by atoms with Gasteiger partial charge in [-0.05, 0) is 6.92 Å². The number of nitrogen functional groups attached to an aromatic ring is 1. The van der Waals surface area contributed by atoms with Crippen LogP contribution in [-0.4, -0.2) is 42.9 Å². The summed E-state index contributed by atoms with van der Waals surface area (Å²) in [6, 6.07) is 3.82. The van der Waals surface area contributed by atoms with Crippen LogP contribution in [0, 0.1) is 6.92 Å². The first kappa shape index (κ1) is 15.1.